The molecule has 0 aromatic heterocycles. The molecule has 1 saturated heterocycles. The zero-order valence-corrected chi connectivity index (χ0v) is 6.47. The van der Waals surface area contributed by atoms with Crippen molar-refractivity contribution < 1.29 is 4.79 Å². The number of rotatable bonds is 1. The van der Waals surface area contributed by atoms with E-state index in [0.717, 1.165) is 18.7 Å². The van der Waals surface area contributed by atoms with E-state index in [2.05, 4.69) is 4.72 Å². The van der Waals surface area contributed by atoms with Crippen molar-refractivity contribution in [2.24, 2.45) is 5.92 Å². The lowest BCUT2D eigenvalue weighted by Gasteiger charge is -2.17. The number of carbonyl (C=O) groups excluding carboxylic acids is 1. The number of hydrogen-bond acceptors (Lipinski definition) is 3. The quantitative estimate of drug-likeness (QED) is 0.465. The Morgan fingerprint density at radius 3 is 2.89 bits per heavy atom. The maximum Gasteiger partial charge on any atom is 0.226 e. The molecule has 9 heavy (non-hydrogen) atoms. The van der Waals surface area contributed by atoms with Crippen molar-refractivity contribution in [1.82, 2.24) is 4.72 Å². The molecule has 0 aliphatic carbocycles. The highest BCUT2D eigenvalue weighted by atomic mass is 35.5. The van der Waals surface area contributed by atoms with Gasteiger partial charge in [0.1, 0.15) is 0 Å². The molecule has 1 atom stereocenters. The van der Waals surface area contributed by atoms with Gasteiger partial charge in [0.25, 0.3) is 0 Å². The zero-order valence-electron chi connectivity index (χ0n) is 4.89. The van der Waals surface area contributed by atoms with Crippen LogP contribution in [0, 0.1) is 5.92 Å². The lowest BCUT2D eigenvalue weighted by atomic mass is 10.1. The normalized spacial score (nSPS) is 27.9. The second kappa shape index (κ2) is 3.44. The van der Waals surface area contributed by atoms with E-state index in [1.807, 2.05) is 0 Å². The van der Waals surface area contributed by atoms with Crippen LogP contribution in [0.3, 0.4) is 0 Å². The summed E-state index contributed by atoms with van der Waals surface area (Å²) in [4.78, 5) is 10.5. The summed E-state index contributed by atoms with van der Waals surface area (Å²) in [6, 6.07) is 0. The summed E-state index contributed by atoms with van der Waals surface area (Å²) in [6.45, 7) is 0.729. The van der Waals surface area contributed by atoms with Gasteiger partial charge in [-0.2, -0.15) is 0 Å². The van der Waals surface area contributed by atoms with Crippen molar-refractivity contribution in [3.8, 4) is 0 Å². The molecule has 1 fully saturated rings. The first-order valence-corrected chi connectivity index (χ1v) is 4.21. The Kier molecular flexibility index (Phi) is 2.82. The molecule has 0 radical (unpaired) electrons. The first kappa shape index (κ1) is 7.38. The summed E-state index contributed by atoms with van der Waals surface area (Å²) in [6.07, 6.45) is 0.917. The lowest BCUT2D eigenvalue weighted by Crippen LogP contribution is -2.27. The molecule has 2 nitrogen and oxygen atoms in total. The summed E-state index contributed by atoms with van der Waals surface area (Å²) in [5.41, 5.74) is 0. The second-order valence-corrected chi connectivity index (χ2v) is 3.34. The number of hydrogen-bond donors (Lipinski definition) is 1. The highest BCUT2D eigenvalue weighted by molar-refractivity contribution is 7.97. The van der Waals surface area contributed by atoms with Gasteiger partial charge in [0, 0.05) is 18.2 Å². The van der Waals surface area contributed by atoms with E-state index in [1.54, 1.807) is 11.9 Å². The molecule has 1 N–H and O–H groups in total. The maximum atomic E-state index is 10.5. The maximum absolute atomic E-state index is 10.5. The Bertz CT molecular complexity index is 114. The average molecular weight is 166 g/mol. The molecule has 52 valence electrons. The van der Waals surface area contributed by atoms with Crippen LogP contribution in [0.1, 0.15) is 6.42 Å². The van der Waals surface area contributed by atoms with Crippen LogP contribution in [-0.4, -0.2) is 17.5 Å². The summed E-state index contributed by atoms with van der Waals surface area (Å²) >= 11 is 6.92. The van der Waals surface area contributed by atoms with Crippen molar-refractivity contribution in [2.45, 2.75) is 6.42 Å². The third kappa shape index (κ3) is 2.16. The number of nitrogens with one attached hydrogen (secondary N) is 1. The Hall–Kier alpha value is 0.270. The fourth-order valence-electron chi connectivity index (χ4n) is 0.729. The molecule has 0 amide bonds. The van der Waals surface area contributed by atoms with E-state index in [1.165, 1.54) is 0 Å². The van der Waals surface area contributed by atoms with Gasteiger partial charge in [-0.05, 0) is 18.0 Å². The average Bonchev–Trinajstić information content (AvgIpc) is 1.90. The van der Waals surface area contributed by atoms with Crippen LogP contribution < -0.4 is 4.72 Å². The molecule has 0 bridgehead atoms. The lowest BCUT2D eigenvalue weighted by molar-refractivity contribution is -0.115. The Morgan fingerprint density at radius 2 is 2.56 bits per heavy atom. The molecule has 1 aliphatic heterocycles. The molecule has 0 spiro atoms. The van der Waals surface area contributed by atoms with Gasteiger partial charge >= 0.3 is 0 Å². The van der Waals surface area contributed by atoms with E-state index in [0.29, 0.717) is 0 Å². The van der Waals surface area contributed by atoms with Gasteiger partial charge in [-0.15, -0.1) is 0 Å². The van der Waals surface area contributed by atoms with Gasteiger partial charge in [-0.25, -0.2) is 0 Å². The molecule has 0 saturated carbocycles. The summed E-state index contributed by atoms with van der Waals surface area (Å²) in [7, 11) is 0. The van der Waals surface area contributed by atoms with Crippen molar-refractivity contribution in [3.05, 3.63) is 0 Å². The highest BCUT2D eigenvalue weighted by Gasteiger charge is 2.18. The van der Waals surface area contributed by atoms with Crippen molar-refractivity contribution in [3.63, 3.8) is 0 Å². The van der Waals surface area contributed by atoms with E-state index in [-0.39, 0.29) is 11.2 Å². The molecule has 1 rings (SSSR count). The standard InChI is InChI=1S/C5H8ClNOS/c6-5(8)4-1-2-9-7-3-4/h4,7H,1-3H2. The van der Waals surface area contributed by atoms with Gasteiger partial charge in [0.15, 0.2) is 0 Å². The van der Waals surface area contributed by atoms with E-state index in [4.69, 9.17) is 11.6 Å². The van der Waals surface area contributed by atoms with Crippen LogP contribution in [0.25, 0.3) is 0 Å². The molecule has 4 heteroatoms. The van der Waals surface area contributed by atoms with Crippen LogP contribution in [0.2, 0.25) is 0 Å². The molecular weight excluding hydrogens is 158 g/mol. The monoisotopic (exact) mass is 165 g/mol. The molecule has 1 aliphatic rings. The predicted molar refractivity (Wildman–Crippen MR) is 39.4 cm³/mol. The Balaban J connectivity index is 2.31. The number of halogens is 1. The molecule has 1 heterocycles. The van der Waals surface area contributed by atoms with Crippen molar-refractivity contribution >= 4 is 28.8 Å². The van der Waals surface area contributed by atoms with E-state index in [9.17, 15) is 4.79 Å². The van der Waals surface area contributed by atoms with Gasteiger partial charge in [-0.3, -0.25) is 9.52 Å². The topological polar surface area (TPSA) is 29.1 Å². The molecule has 1 unspecified atom stereocenters. The molecular formula is C5H8ClNOS. The fourth-order valence-corrected chi connectivity index (χ4v) is 1.78. The smallest absolute Gasteiger partial charge is 0.226 e. The van der Waals surface area contributed by atoms with Crippen LogP contribution >= 0.6 is 23.5 Å². The predicted octanol–water partition coefficient (Wildman–Crippen LogP) is 1.01. The van der Waals surface area contributed by atoms with Crippen LogP contribution in [0.5, 0.6) is 0 Å². The second-order valence-electron chi connectivity index (χ2n) is 1.99. The molecule has 0 aromatic carbocycles. The van der Waals surface area contributed by atoms with Gasteiger partial charge in [0.05, 0.1) is 0 Å². The van der Waals surface area contributed by atoms with Gasteiger partial charge in [-0.1, -0.05) is 11.9 Å². The largest absolute Gasteiger partial charge is 0.281 e. The fraction of sp³-hybridized carbons (Fsp3) is 0.800. The van der Waals surface area contributed by atoms with Crippen molar-refractivity contribution in [1.29, 1.82) is 0 Å². The third-order valence-electron chi connectivity index (χ3n) is 1.32. The van der Waals surface area contributed by atoms with Crippen molar-refractivity contribution in [2.75, 3.05) is 12.3 Å². The Labute approximate surface area is 63.5 Å². The summed E-state index contributed by atoms with van der Waals surface area (Å²) in [5, 5.41) is -0.206. The van der Waals surface area contributed by atoms with Gasteiger partial charge in [0.2, 0.25) is 5.24 Å². The zero-order chi connectivity index (χ0) is 6.69. The highest BCUT2D eigenvalue weighted by Crippen LogP contribution is 2.15. The first-order chi connectivity index (χ1) is 4.30. The minimum Gasteiger partial charge on any atom is -0.281 e. The van der Waals surface area contributed by atoms with Crippen LogP contribution in [0.4, 0.5) is 0 Å². The number of carbonyl (C=O) groups is 1. The minimum absolute atomic E-state index is 0.0490. The molecule has 0 aromatic rings. The summed E-state index contributed by atoms with van der Waals surface area (Å²) in [5.74, 6) is 1.04. The van der Waals surface area contributed by atoms with Crippen LogP contribution in [-0.2, 0) is 4.79 Å². The van der Waals surface area contributed by atoms with E-state index >= 15 is 0 Å². The third-order valence-corrected chi connectivity index (χ3v) is 2.44. The summed E-state index contributed by atoms with van der Waals surface area (Å²) < 4.78 is 3.03. The van der Waals surface area contributed by atoms with Gasteiger partial charge < -0.3 is 0 Å². The SMILES string of the molecule is O=C(Cl)C1CCSNC1. The first-order valence-electron chi connectivity index (χ1n) is 2.84. The van der Waals surface area contributed by atoms with E-state index < -0.39 is 0 Å². The minimum atomic E-state index is -0.206. The Morgan fingerprint density at radius 1 is 1.78 bits per heavy atom. The van der Waals surface area contributed by atoms with Crippen LogP contribution in [0.15, 0.2) is 0 Å².